The van der Waals surface area contributed by atoms with Crippen molar-refractivity contribution in [1.29, 1.82) is 0 Å². The maximum absolute atomic E-state index is 11.4. The lowest BCUT2D eigenvalue weighted by Crippen LogP contribution is -2.17. The molecule has 0 N–H and O–H groups in total. The van der Waals surface area contributed by atoms with Crippen LogP contribution in [-0.2, 0) is 6.54 Å². The van der Waals surface area contributed by atoms with Gasteiger partial charge in [-0.15, -0.1) is 0 Å². The summed E-state index contributed by atoms with van der Waals surface area (Å²) in [6.07, 6.45) is 5.33. The van der Waals surface area contributed by atoms with Gasteiger partial charge in [-0.25, -0.2) is 4.68 Å². The molecule has 3 aromatic heterocycles. The summed E-state index contributed by atoms with van der Waals surface area (Å²) < 4.78 is 3.28. The SMILES string of the molecule is CN(Cc1cnn(-c2ccccc2)c1)c1nc2sccn2c1[N+](=O)[O-]. The van der Waals surface area contributed by atoms with E-state index in [1.54, 1.807) is 34.4 Å². The van der Waals surface area contributed by atoms with Crippen molar-refractivity contribution in [1.82, 2.24) is 19.2 Å². The first kappa shape index (κ1) is 15.3. The average molecular weight is 354 g/mol. The maximum atomic E-state index is 11.4. The van der Waals surface area contributed by atoms with Crippen molar-refractivity contribution in [3.8, 4) is 5.69 Å². The molecular formula is C16H14N6O2S. The Morgan fingerprint density at radius 1 is 1.32 bits per heavy atom. The van der Waals surface area contributed by atoms with Crippen LogP contribution in [0.15, 0.2) is 54.3 Å². The molecule has 4 rings (SSSR count). The maximum Gasteiger partial charge on any atom is 0.373 e. The number of thiazole rings is 1. The van der Waals surface area contributed by atoms with E-state index < -0.39 is 4.92 Å². The van der Waals surface area contributed by atoms with Gasteiger partial charge in [0.15, 0.2) is 0 Å². The fourth-order valence-electron chi connectivity index (χ4n) is 2.70. The largest absolute Gasteiger partial charge is 0.373 e. The van der Waals surface area contributed by atoms with Gasteiger partial charge in [-0.05, 0) is 17.1 Å². The number of nitrogens with zero attached hydrogens (tertiary/aromatic N) is 6. The zero-order valence-corrected chi connectivity index (χ0v) is 14.1. The van der Waals surface area contributed by atoms with E-state index in [0.29, 0.717) is 17.3 Å². The molecule has 0 aliphatic heterocycles. The summed E-state index contributed by atoms with van der Waals surface area (Å²) in [5.41, 5.74) is 1.90. The molecule has 0 spiro atoms. The first-order chi connectivity index (χ1) is 12.1. The Kier molecular flexibility index (Phi) is 3.69. The molecule has 0 unspecified atom stereocenters. The molecule has 0 fully saturated rings. The van der Waals surface area contributed by atoms with Gasteiger partial charge in [0.2, 0.25) is 5.82 Å². The molecule has 9 heteroatoms. The zero-order chi connectivity index (χ0) is 17.4. The number of aromatic nitrogens is 4. The lowest BCUT2D eigenvalue weighted by atomic mass is 10.3. The Balaban J connectivity index is 1.62. The second-order valence-electron chi connectivity index (χ2n) is 5.56. The molecule has 0 amide bonds. The highest BCUT2D eigenvalue weighted by Gasteiger charge is 2.26. The number of nitro groups is 1. The standard InChI is InChI=1S/C16H14N6O2S/c1-19(14-15(22(23)24)20-7-8-25-16(20)18-14)10-12-9-17-21(11-12)13-5-3-2-4-6-13/h2-9,11H,10H2,1H3. The summed E-state index contributed by atoms with van der Waals surface area (Å²) in [5.74, 6) is 0.332. The molecule has 1 aromatic carbocycles. The van der Waals surface area contributed by atoms with E-state index >= 15 is 0 Å². The van der Waals surface area contributed by atoms with Crippen LogP contribution in [0.2, 0.25) is 0 Å². The third-order valence-electron chi connectivity index (χ3n) is 3.83. The van der Waals surface area contributed by atoms with Gasteiger partial charge in [0.1, 0.15) is 6.20 Å². The van der Waals surface area contributed by atoms with Crippen molar-refractivity contribution >= 4 is 27.9 Å². The van der Waals surface area contributed by atoms with E-state index in [4.69, 9.17) is 0 Å². The average Bonchev–Trinajstić information content (AvgIpc) is 3.30. The minimum Gasteiger partial charge on any atom is -0.358 e. The first-order valence-electron chi connectivity index (χ1n) is 7.53. The molecule has 126 valence electrons. The Labute approximate surface area is 146 Å². The van der Waals surface area contributed by atoms with Gasteiger partial charge >= 0.3 is 5.82 Å². The van der Waals surface area contributed by atoms with E-state index in [1.165, 1.54) is 15.7 Å². The second-order valence-corrected chi connectivity index (χ2v) is 6.43. The Hall–Kier alpha value is -3.20. The molecule has 25 heavy (non-hydrogen) atoms. The molecule has 4 aromatic rings. The molecule has 0 saturated heterocycles. The summed E-state index contributed by atoms with van der Waals surface area (Å²) in [5, 5.41) is 17.6. The third kappa shape index (κ3) is 2.74. The van der Waals surface area contributed by atoms with Crippen molar-refractivity contribution in [2.24, 2.45) is 0 Å². The van der Waals surface area contributed by atoms with Crippen molar-refractivity contribution in [2.45, 2.75) is 6.54 Å². The minimum atomic E-state index is -0.397. The summed E-state index contributed by atoms with van der Waals surface area (Å²) in [6.45, 7) is 0.471. The second kappa shape index (κ2) is 6.02. The van der Waals surface area contributed by atoms with Crippen molar-refractivity contribution < 1.29 is 4.92 Å². The Morgan fingerprint density at radius 3 is 2.88 bits per heavy atom. The van der Waals surface area contributed by atoms with Gasteiger partial charge in [0.05, 0.1) is 11.9 Å². The minimum absolute atomic E-state index is 0.0193. The van der Waals surface area contributed by atoms with Gasteiger partial charge in [-0.1, -0.05) is 29.5 Å². The predicted octanol–water partition coefficient (Wildman–Crippen LogP) is 3.13. The number of rotatable bonds is 5. The van der Waals surface area contributed by atoms with Crippen LogP contribution in [0, 0.1) is 10.1 Å². The van der Waals surface area contributed by atoms with Crippen LogP contribution in [0.4, 0.5) is 11.6 Å². The summed E-state index contributed by atoms with van der Waals surface area (Å²) in [6, 6.07) is 9.78. The molecule has 0 saturated carbocycles. The Bertz CT molecular complexity index is 1040. The molecule has 0 radical (unpaired) electrons. The molecule has 0 atom stereocenters. The highest BCUT2D eigenvalue weighted by atomic mass is 32.1. The van der Waals surface area contributed by atoms with Crippen LogP contribution in [0.1, 0.15) is 5.56 Å². The van der Waals surface area contributed by atoms with Gasteiger partial charge in [-0.2, -0.15) is 14.5 Å². The van der Waals surface area contributed by atoms with Gasteiger partial charge in [0, 0.05) is 30.7 Å². The van der Waals surface area contributed by atoms with Gasteiger partial charge in [-0.3, -0.25) is 0 Å². The zero-order valence-electron chi connectivity index (χ0n) is 13.3. The molecule has 8 nitrogen and oxygen atoms in total. The van der Waals surface area contributed by atoms with Crippen LogP contribution >= 0.6 is 11.3 Å². The molecule has 0 aliphatic carbocycles. The summed E-state index contributed by atoms with van der Waals surface area (Å²) in [4.78, 5) is 17.8. The van der Waals surface area contributed by atoms with Gasteiger partial charge in [0.25, 0.3) is 4.96 Å². The van der Waals surface area contributed by atoms with Crippen LogP contribution in [0.3, 0.4) is 0 Å². The fraction of sp³-hybridized carbons (Fsp3) is 0.125. The topological polar surface area (TPSA) is 81.5 Å². The van der Waals surface area contributed by atoms with E-state index in [1.807, 2.05) is 36.5 Å². The van der Waals surface area contributed by atoms with E-state index in [2.05, 4.69) is 10.1 Å². The lowest BCUT2D eigenvalue weighted by molar-refractivity contribution is -0.389. The van der Waals surface area contributed by atoms with Crippen LogP contribution in [0.25, 0.3) is 10.6 Å². The molecular weight excluding hydrogens is 340 g/mol. The van der Waals surface area contributed by atoms with E-state index in [-0.39, 0.29) is 5.82 Å². The normalized spacial score (nSPS) is 11.1. The highest BCUT2D eigenvalue weighted by Crippen LogP contribution is 2.31. The summed E-state index contributed by atoms with van der Waals surface area (Å²) >= 11 is 1.37. The van der Waals surface area contributed by atoms with Crippen molar-refractivity contribution in [2.75, 3.05) is 11.9 Å². The molecule has 3 heterocycles. The number of anilines is 1. The monoisotopic (exact) mass is 354 g/mol. The number of fused-ring (bicyclic) bond motifs is 1. The third-order valence-corrected chi connectivity index (χ3v) is 4.59. The number of para-hydroxylation sites is 1. The lowest BCUT2D eigenvalue weighted by Gasteiger charge is -2.14. The molecule has 0 aliphatic rings. The van der Waals surface area contributed by atoms with Crippen LogP contribution in [-0.4, -0.2) is 31.1 Å². The first-order valence-corrected chi connectivity index (χ1v) is 8.41. The van der Waals surface area contributed by atoms with E-state index in [9.17, 15) is 10.1 Å². The summed E-state index contributed by atoms with van der Waals surface area (Å²) in [7, 11) is 1.79. The van der Waals surface area contributed by atoms with Crippen LogP contribution in [0.5, 0.6) is 0 Å². The number of hydrogen-bond donors (Lipinski definition) is 0. The smallest absolute Gasteiger partial charge is 0.358 e. The highest BCUT2D eigenvalue weighted by molar-refractivity contribution is 7.15. The number of benzene rings is 1. The van der Waals surface area contributed by atoms with Crippen LogP contribution < -0.4 is 4.90 Å². The predicted molar refractivity (Wildman–Crippen MR) is 95.4 cm³/mol. The Morgan fingerprint density at radius 2 is 2.12 bits per heavy atom. The van der Waals surface area contributed by atoms with Crippen molar-refractivity contribution in [3.05, 3.63) is 70.0 Å². The molecule has 0 bridgehead atoms. The number of imidazole rings is 1. The fourth-order valence-corrected chi connectivity index (χ4v) is 3.40. The van der Waals surface area contributed by atoms with Crippen molar-refractivity contribution in [3.63, 3.8) is 0 Å². The number of hydrogen-bond acceptors (Lipinski definition) is 6. The quantitative estimate of drug-likeness (QED) is 0.406. The van der Waals surface area contributed by atoms with Gasteiger partial charge < -0.3 is 15.0 Å². The van der Waals surface area contributed by atoms with E-state index in [0.717, 1.165) is 11.3 Å².